The van der Waals surface area contributed by atoms with E-state index in [9.17, 15) is 0 Å². The van der Waals surface area contributed by atoms with Gasteiger partial charge in [-0.25, -0.2) is 0 Å². The first-order chi connectivity index (χ1) is 7.74. The average Bonchev–Trinajstić information content (AvgIpc) is 2.70. The number of nitrogens with one attached hydrogen (secondary N) is 1. The lowest BCUT2D eigenvalue weighted by molar-refractivity contribution is -0.917. The molecule has 3 heteroatoms. The van der Waals surface area contributed by atoms with Gasteiger partial charge in [-0.15, -0.1) is 0 Å². The molecule has 2 rings (SSSR count). The van der Waals surface area contributed by atoms with Gasteiger partial charge in [0.2, 0.25) is 0 Å². The Morgan fingerprint density at radius 3 is 2.65 bits per heavy atom. The molecule has 17 heavy (non-hydrogen) atoms. The number of rotatable bonds is 4. The van der Waals surface area contributed by atoms with Crippen LogP contribution in [0.5, 0.6) is 0 Å². The van der Waals surface area contributed by atoms with Crippen molar-refractivity contribution < 1.29 is 28.5 Å². The zero-order valence-electron chi connectivity index (χ0n) is 10.8. The molecule has 1 aliphatic heterocycles. The van der Waals surface area contributed by atoms with Gasteiger partial charge < -0.3 is 33.8 Å². The Bertz CT molecular complexity index is 328. The Morgan fingerprint density at radius 1 is 1.29 bits per heavy atom. The maximum atomic E-state index is 3.56. The molecule has 1 fully saturated rings. The van der Waals surface area contributed by atoms with Gasteiger partial charge in [0, 0.05) is 18.5 Å². The summed E-state index contributed by atoms with van der Waals surface area (Å²) in [5.41, 5.74) is 1.25. The molecule has 1 saturated heterocycles. The van der Waals surface area contributed by atoms with Gasteiger partial charge in [-0.1, -0.05) is 18.2 Å². The third-order valence-electron chi connectivity index (χ3n) is 4.13. The van der Waals surface area contributed by atoms with Gasteiger partial charge in [0.05, 0.1) is 26.7 Å². The minimum Gasteiger partial charge on any atom is -1.00 e. The van der Waals surface area contributed by atoms with E-state index in [1.165, 1.54) is 36.1 Å². The largest absolute Gasteiger partial charge is 1.00 e. The van der Waals surface area contributed by atoms with Crippen LogP contribution in [0.3, 0.4) is 0 Å². The number of hydrogen-bond donors (Lipinski definition) is 1. The molecule has 0 unspecified atom stereocenters. The van der Waals surface area contributed by atoms with Crippen molar-refractivity contribution in [1.29, 1.82) is 0 Å². The van der Waals surface area contributed by atoms with Gasteiger partial charge in [0.15, 0.2) is 0 Å². The summed E-state index contributed by atoms with van der Waals surface area (Å²) in [5, 5.41) is 3.56. The first kappa shape index (κ1) is 14.8. The second-order valence-electron chi connectivity index (χ2n) is 5.06. The van der Waals surface area contributed by atoms with Crippen molar-refractivity contribution >= 4 is 5.69 Å². The number of likely N-dealkylation sites (tertiary alicyclic amines) is 1. The second-order valence-corrected chi connectivity index (χ2v) is 5.06. The Kier molecular flexibility index (Phi) is 5.73. The SMILES string of the molecule is CC[N@@+]1(C)CCC[C@H]1CNc1ccccc1.[I-]. The number of benzene rings is 1. The Labute approximate surface area is 122 Å². The molecule has 1 heterocycles. The molecular formula is C14H23IN2. The van der Waals surface area contributed by atoms with Crippen LogP contribution in [0.15, 0.2) is 30.3 Å². The molecule has 0 aliphatic carbocycles. The van der Waals surface area contributed by atoms with Crippen molar-refractivity contribution in [1.82, 2.24) is 0 Å². The van der Waals surface area contributed by atoms with Crippen molar-refractivity contribution in [2.24, 2.45) is 0 Å². The van der Waals surface area contributed by atoms with Crippen molar-refractivity contribution in [3.63, 3.8) is 0 Å². The highest BCUT2D eigenvalue weighted by molar-refractivity contribution is 5.42. The van der Waals surface area contributed by atoms with Gasteiger partial charge in [-0.05, 0) is 19.1 Å². The lowest BCUT2D eigenvalue weighted by atomic mass is 10.2. The summed E-state index contributed by atoms with van der Waals surface area (Å²) in [7, 11) is 2.39. The summed E-state index contributed by atoms with van der Waals surface area (Å²) in [5.74, 6) is 0. The Hall–Kier alpha value is -0.290. The predicted molar refractivity (Wildman–Crippen MR) is 69.5 cm³/mol. The maximum Gasteiger partial charge on any atom is 0.106 e. The number of halogens is 1. The van der Waals surface area contributed by atoms with E-state index in [1.807, 2.05) is 0 Å². The van der Waals surface area contributed by atoms with Crippen LogP contribution < -0.4 is 29.3 Å². The summed E-state index contributed by atoms with van der Waals surface area (Å²) in [6.45, 7) is 6.01. The molecular weight excluding hydrogens is 323 g/mol. The number of anilines is 1. The lowest BCUT2D eigenvalue weighted by Gasteiger charge is -2.35. The van der Waals surface area contributed by atoms with Gasteiger partial charge in [-0.3, -0.25) is 0 Å². The molecule has 1 N–H and O–H groups in total. The molecule has 0 amide bonds. The highest BCUT2D eigenvalue weighted by Crippen LogP contribution is 2.24. The number of nitrogens with zero attached hydrogens (tertiary/aromatic N) is 1. The molecule has 0 saturated carbocycles. The van der Waals surface area contributed by atoms with E-state index < -0.39 is 0 Å². The molecule has 0 radical (unpaired) electrons. The third kappa shape index (κ3) is 3.58. The van der Waals surface area contributed by atoms with Crippen LogP contribution in [0.25, 0.3) is 0 Å². The van der Waals surface area contributed by atoms with E-state index in [-0.39, 0.29) is 24.0 Å². The molecule has 2 nitrogen and oxygen atoms in total. The molecule has 0 aromatic heterocycles. The summed E-state index contributed by atoms with van der Waals surface area (Å²) < 4.78 is 1.24. The number of para-hydroxylation sites is 1. The minimum atomic E-state index is 0. The van der Waals surface area contributed by atoms with Crippen molar-refractivity contribution in [2.75, 3.05) is 32.0 Å². The summed E-state index contributed by atoms with van der Waals surface area (Å²) in [6.07, 6.45) is 2.75. The smallest absolute Gasteiger partial charge is 0.106 e. The van der Waals surface area contributed by atoms with Crippen LogP contribution >= 0.6 is 0 Å². The van der Waals surface area contributed by atoms with Crippen LogP contribution in [-0.2, 0) is 0 Å². The van der Waals surface area contributed by atoms with E-state index in [0.717, 1.165) is 12.6 Å². The second kappa shape index (κ2) is 6.59. The van der Waals surface area contributed by atoms with Crippen molar-refractivity contribution in [3.8, 4) is 0 Å². The minimum absolute atomic E-state index is 0. The normalized spacial score (nSPS) is 27.5. The van der Waals surface area contributed by atoms with Crippen LogP contribution in [-0.4, -0.2) is 37.2 Å². The highest BCUT2D eigenvalue weighted by Gasteiger charge is 2.35. The topological polar surface area (TPSA) is 12.0 Å². The lowest BCUT2D eigenvalue weighted by Crippen LogP contribution is -3.00. The molecule has 0 bridgehead atoms. The van der Waals surface area contributed by atoms with Crippen LogP contribution in [0.4, 0.5) is 5.69 Å². The van der Waals surface area contributed by atoms with Crippen molar-refractivity contribution in [2.45, 2.75) is 25.8 Å². The van der Waals surface area contributed by atoms with E-state index >= 15 is 0 Å². The van der Waals surface area contributed by atoms with Crippen LogP contribution in [0.2, 0.25) is 0 Å². The zero-order valence-corrected chi connectivity index (χ0v) is 13.0. The fraction of sp³-hybridized carbons (Fsp3) is 0.571. The summed E-state index contributed by atoms with van der Waals surface area (Å²) >= 11 is 0. The van der Waals surface area contributed by atoms with E-state index in [4.69, 9.17) is 0 Å². The predicted octanol–water partition coefficient (Wildman–Crippen LogP) is -0.269. The van der Waals surface area contributed by atoms with E-state index in [2.05, 4.69) is 49.6 Å². The average molecular weight is 346 g/mol. The van der Waals surface area contributed by atoms with Gasteiger partial charge in [0.25, 0.3) is 0 Å². The fourth-order valence-corrected chi connectivity index (χ4v) is 2.71. The molecule has 0 spiro atoms. The number of likely N-dealkylation sites (N-methyl/N-ethyl adjacent to an activating group) is 1. The summed E-state index contributed by atoms with van der Waals surface area (Å²) in [4.78, 5) is 0. The maximum absolute atomic E-state index is 3.56. The summed E-state index contributed by atoms with van der Waals surface area (Å²) in [6, 6.07) is 11.3. The first-order valence-electron chi connectivity index (χ1n) is 6.38. The zero-order chi connectivity index (χ0) is 11.4. The quantitative estimate of drug-likeness (QED) is 0.585. The van der Waals surface area contributed by atoms with Crippen LogP contribution in [0, 0.1) is 0 Å². The molecule has 1 aromatic rings. The highest BCUT2D eigenvalue weighted by atomic mass is 127. The third-order valence-corrected chi connectivity index (χ3v) is 4.13. The van der Waals surface area contributed by atoms with Crippen LogP contribution in [0.1, 0.15) is 19.8 Å². The number of quaternary nitrogens is 1. The van der Waals surface area contributed by atoms with Gasteiger partial charge in [-0.2, -0.15) is 0 Å². The first-order valence-corrected chi connectivity index (χ1v) is 6.38. The molecule has 96 valence electrons. The van der Waals surface area contributed by atoms with Gasteiger partial charge in [0.1, 0.15) is 6.04 Å². The molecule has 1 aliphatic rings. The van der Waals surface area contributed by atoms with Gasteiger partial charge >= 0.3 is 0 Å². The monoisotopic (exact) mass is 346 g/mol. The number of hydrogen-bond acceptors (Lipinski definition) is 1. The fourth-order valence-electron chi connectivity index (χ4n) is 2.71. The van der Waals surface area contributed by atoms with Crippen molar-refractivity contribution in [3.05, 3.63) is 30.3 Å². The standard InChI is InChI=1S/C14H23N2.HI/c1-3-16(2)11-7-10-14(16)12-15-13-8-5-4-6-9-13;/h4-6,8-9,14-15H,3,7,10-12H2,1-2H3;1H/q+1;/p-1/t14-,16-;/m0./s1. The molecule has 2 atom stereocenters. The van der Waals surface area contributed by atoms with E-state index in [1.54, 1.807) is 0 Å². The van der Waals surface area contributed by atoms with E-state index in [0.29, 0.717) is 0 Å². The Balaban J connectivity index is 0.00000144. The molecule has 1 aromatic carbocycles. The Morgan fingerprint density at radius 2 is 2.00 bits per heavy atom.